The Kier molecular flexibility index (Phi) is 15.2. The Hall–Kier alpha value is -6.62. The van der Waals surface area contributed by atoms with Crippen LogP contribution in [0.2, 0.25) is 0 Å². The van der Waals surface area contributed by atoms with Gasteiger partial charge in [-0.25, -0.2) is 8.78 Å². The largest absolute Gasteiger partial charge is 0.372 e. The zero-order valence-electron chi connectivity index (χ0n) is 36.6. The molecule has 0 spiro atoms. The molecule has 0 saturated carbocycles. The lowest BCUT2D eigenvalue weighted by molar-refractivity contribution is -0.149. The van der Waals surface area contributed by atoms with Gasteiger partial charge in [-0.15, -0.1) is 0 Å². The molecule has 0 aliphatic carbocycles. The predicted molar refractivity (Wildman–Crippen MR) is 239 cm³/mol. The van der Waals surface area contributed by atoms with Crippen LogP contribution >= 0.6 is 0 Å². The number of nitrogens with one attached hydrogen (secondary N) is 4. The molecule has 2 atom stereocenters. The number of carbonyl (C=O) groups excluding carboxylic acids is 8. The van der Waals surface area contributed by atoms with Gasteiger partial charge in [0.2, 0.25) is 23.3 Å². The van der Waals surface area contributed by atoms with Gasteiger partial charge >= 0.3 is 0 Å². The molecule has 7 amide bonds. The Morgan fingerprint density at radius 1 is 0.742 bits per heavy atom. The van der Waals surface area contributed by atoms with E-state index < -0.39 is 58.7 Å². The summed E-state index contributed by atoms with van der Waals surface area (Å²) in [7, 11) is 0. The number of carbonyl (C=O) groups is 8. The minimum absolute atomic E-state index is 0.00745. The van der Waals surface area contributed by atoms with Crippen molar-refractivity contribution < 1.29 is 52.2 Å². The summed E-state index contributed by atoms with van der Waals surface area (Å²) >= 11 is 0. The van der Waals surface area contributed by atoms with Crippen LogP contribution in [-0.4, -0.2) is 80.3 Å². The van der Waals surface area contributed by atoms with E-state index >= 15 is 0 Å². The van der Waals surface area contributed by atoms with Gasteiger partial charge in [0.1, 0.15) is 17.7 Å². The van der Waals surface area contributed by atoms with Crippen molar-refractivity contribution in [3.8, 4) is 0 Å². The zero-order valence-corrected chi connectivity index (χ0v) is 36.6. The van der Waals surface area contributed by atoms with Gasteiger partial charge in [0.05, 0.1) is 16.8 Å². The Labute approximate surface area is 380 Å². The number of imide groups is 2. The zero-order chi connectivity index (χ0) is 47.0. The van der Waals surface area contributed by atoms with Crippen molar-refractivity contribution in [2.75, 3.05) is 16.8 Å². The first-order valence-corrected chi connectivity index (χ1v) is 22.8. The predicted octanol–water partition coefficient (Wildman–Crippen LogP) is 6.91. The van der Waals surface area contributed by atoms with Crippen molar-refractivity contribution >= 4 is 69.4 Å². The molecular formula is C49H54F2N6O9. The molecular weight excluding hydrogens is 855 g/mol. The van der Waals surface area contributed by atoms with Crippen molar-refractivity contribution in [2.24, 2.45) is 0 Å². The minimum atomic E-state index is -2.34. The number of unbranched alkanes of at least 4 members (excludes halogenated alkanes) is 11. The number of H-pyrrole nitrogens is 1. The van der Waals surface area contributed by atoms with Crippen LogP contribution < -0.4 is 20.9 Å². The number of hydrogen-bond acceptors (Lipinski definition) is 9. The summed E-state index contributed by atoms with van der Waals surface area (Å²) in [4.78, 5) is 107. The molecule has 3 aromatic carbocycles. The maximum Gasteiger partial charge on any atom is 0.268 e. The monoisotopic (exact) mass is 908 g/mol. The maximum absolute atomic E-state index is 13.5. The Bertz CT molecular complexity index is 2540. The van der Waals surface area contributed by atoms with E-state index in [1.54, 1.807) is 30.3 Å². The number of fused-ring (bicyclic) bond motifs is 2. The standard InChI is InChI=1S/C49H54F2N6O9/c50-32-23-30(24-33(51)27-32)29-52-47(64)49(66)21-22-56(48(49)65)35-16-18-38-31(25-35)26-39(54-38)41(58)13-11-9-7-5-3-1-2-4-6-8-10-12-14-42(59)53-34-15-17-36-37(28-34)46(63)57(45(36)62)40-19-20-43(60)55-44(40)61/h15-18,23-28,40,54,66H,1-14,19-22,29H2,(H,52,64)(H,53,59)(H,55,60,61)/t40?,49-/m0/s1. The molecule has 4 aromatic rings. The highest BCUT2D eigenvalue weighted by molar-refractivity contribution is 6.24. The fourth-order valence-electron chi connectivity index (χ4n) is 8.89. The van der Waals surface area contributed by atoms with Gasteiger partial charge in [0, 0.05) is 67.1 Å². The Morgan fingerprint density at radius 3 is 2.05 bits per heavy atom. The number of Topliss-reactive ketones (excluding diaryl/α,β-unsaturated/α-hetero) is 1. The highest BCUT2D eigenvalue weighted by atomic mass is 19.1. The second-order valence-corrected chi connectivity index (χ2v) is 17.4. The molecule has 1 aromatic heterocycles. The lowest BCUT2D eigenvalue weighted by Gasteiger charge is -2.27. The third kappa shape index (κ3) is 11.1. The molecule has 3 aliphatic heterocycles. The number of hydrogen-bond donors (Lipinski definition) is 5. The minimum Gasteiger partial charge on any atom is -0.372 e. The first kappa shape index (κ1) is 47.3. The number of aromatic amines is 1. The summed E-state index contributed by atoms with van der Waals surface area (Å²) in [5, 5.41) is 19.1. The lowest BCUT2D eigenvalue weighted by atomic mass is 10.0. The van der Waals surface area contributed by atoms with Crippen LogP contribution in [0.4, 0.5) is 20.2 Å². The summed E-state index contributed by atoms with van der Waals surface area (Å²) in [5.41, 5.74) is 0.118. The van der Waals surface area contributed by atoms with Gasteiger partial charge in [-0.3, -0.25) is 48.6 Å². The van der Waals surface area contributed by atoms with Crippen molar-refractivity contribution in [1.82, 2.24) is 20.5 Å². The van der Waals surface area contributed by atoms with Gasteiger partial charge in [-0.1, -0.05) is 64.2 Å². The molecule has 15 nitrogen and oxygen atoms in total. The molecule has 3 aliphatic rings. The van der Waals surface area contributed by atoms with Crippen molar-refractivity contribution in [2.45, 2.75) is 127 Å². The van der Waals surface area contributed by atoms with Crippen molar-refractivity contribution in [3.05, 3.63) is 94.7 Å². The lowest BCUT2D eigenvalue weighted by Crippen LogP contribution is -2.54. The third-order valence-corrected chi connectivity index (χ3v) is 12.5. The molecule has 4 heterocycles. The van der Waals surface area contributed by atoms with Crippen LogP contribution in [0.15, 0.2) is 60.7 Å². The Balaban J connectivity index is 0.717. The van der Waals surface area contributed by atoms with Gasteiger partial charge in [0.25, 0.3) is 23.6 Å². The van der Waals surface area contributed by atoms with Crippen LogP contribution in [0.3, 0.4) is 0 Å². The first-order chi connectivity index (χ1) is 31.7. The van der Waals surface area contributed by atoms with Crippen molar-refractivity contribution in [3.63, 3.8) is 0 Å². The van der Waals surface area contributed by atoms with E-state index in [1.807, 2.05) is 0 Å². The normalized spacial score (nSPS) is 18.3. The summed E-state index contributed by atoms with van der Waals surface area (Å²) in [6.45, 7) is -0.200. The molecule has 7 rings (SSSR count). The number of nitrogens with zero attached hydrogens (tertiary/aromatic N) is 2. The quantitative estimate of drug-likeness (QED) is 0.0239. The molecule has 66 heavy (non-hydrogen) atoms. The van der Waals surface area contributed by atoms with Crippen molar-refractivity contribution in [1.29, 1.82) is 0 Å². The summed E-state index contributed by atoms with van der Waals surface area (Å²) in [6.07, 6.45) is 12.9. The fraction of sp³-hybridized carbons (Fsp3) is 0.429. The molecule has 2 saturated heterocycles. The maximum atomic E-state index is 13.5. The van der Waals surface area contributed by atoms with Gasteiger partial charge in [-0.2, -0.15) is 0 Å². The molecule has 0 bridgehead atoms. The summed E-state index contributed by atoms with van der Waals surface area (Å²) in [5.74, 6) is -5.91. The van der Waals surface area contributed by atoms with E-state index in [9.17, 15) is 52.2 Å². The van der Waals surface area contributed by atoms with Gasteiger partial charge in [0.15, 0.2) is 5.78 Å². The number of anilines is 2. The number of rotatable bonds is 22. The number of ketones is 1. The SMILES string of the molecule is O=C1CCC(N2C(=O)c3ccc(NC(=O)CCCCCCCCCCCCCCC(=O)c4cc5cc(N6CC[C@](O)(C(=O)NCc7cc(F)cc(F)c7)C6=O)ccc5[nH]4)cc3C2=O)C(=O)N1. The summed E-state index contributed by atoms with van der Waals surface area (Å²) < 4.78 is 27.1. The van der Waals surface area contributed by atoms with Gasteiger partial charge < -0.3 is 25.6 Å². The van der Waals surface area contributed by atoms with E-state index in [0.717, 1.165) is 94.1 Å². The fourth-order valence-corrected chi connectivity index (χ4v) is 8.89. The number of benzene rings is 3. The highest BCUT2D eigenvalue weighted by Crippen LogP contribution is 2.32. The third-order valence-electron chi connectivity index (χ3n) is 12.5. The van der Waals surface area contributed by atoms with Crippen LogP contribution in [0.5, 0.6) is 0 Å². The Morgan fingerprint density at radius 2 is 1.38 bits per heavy atom. The van der Waals surface area contributed by atoms with E-state index in [1.165, 1.54) is 17.0 Å². The highest BCUT2D eigenvalue weighted by Gasteiger charge is 2.52. The molecule has 0 radical (unpaired) electrons. The van der Waals surface area contributed by atoms with E-state index in [2.05, 4.69) is 20.9 Å². The number of aromatic nitrogens is 1. The van der Waals surface area contributed by atoms with E-state index in [-0.39, 0.29) is 60.7 Å². The van der Waals surface area contributed by atoms with Crippen LogP contribution in [0.25, 0.3) is 10.9 Å². The van der Waals surface area contributed by atoms with E-state index in [0.29, 0.717) is 46.9 Å². The second-order valence-electron chi connectivity index (χ2n) is 17.4. The smallest absolute Gasteiger partial charge is 0.268 e. The number of amides is 7. The second kappa shape index (κ2) is 21.1. The molecule has 5 N–H and O–H groups in total. The first-order valence-electron chi connectivity index (χ1n) is 22.8. The molecule has 348 valence electrons. The van der Waals surface area contributed by atoms with Gasteiger partial charge in [-0.05, 0) is 79.4 Å². The summed E-state index contributed by atoms with van der Waals surface area (Å²) in [6, 6.07) is 13.1. The van der Waals surface area contributed by atoms with Crippen LogP contribution in [0.1, 0.15) is 146 Å². The van der Waals surface area contributed by atoms with Crippen LogP contribution in [-0.2, 0) is 30.5 Å². The molecule has 17 heteroatoms. The number of halogens is 2. The number of piperidine rings is 1. The molecule has 2 fully saturated rings. The number of aliphatic hydroxyl groups is 1. The van der Waals surface area contributed by atoms with E-state index in [4.69, 9.17) is 0 Å². The topological polar surface area (TPSA) is 215 Å². The average Bonchev–Trinajstić information content (AvgIpc) is 3.93. The molecule has 1 unspecified atom stereocenters. The average molecular weight is 909 g/mol. The van der Waals surface area contributed by atoms with Crippen LogP contribution in [0, 0.1) is 11.6 Å².